The Bertz CT molecular complexity index is 1290. The van der Waals surface area contributed by atoms with Crippen LogP contribution >= 0.6 is 0 Å². The minimum Gasteiger partial charge on any atom is -0.465 e. The number of carbonyl (C=O) groups is 2. The third-order valence-corrected chi connectivity index (χ3v) is 7.35. The van der Waals surface area contributed by atoms with Gasteiger partial charge in [0, 0.05) is 25.2 Å². The van der Waals surface area contributed by atoms with Crippen LogP contribution in [0.2, 0.25) is 0 Å². The number of amides is 1. The van der Waals surface area contributed by atoms with E-state index in [1.807, 2.05) is 13.8 Å². The van der Waals surface area contributed by atoms with Crippen LogP contribution in [-0.2, 0) is 14.8 Å². The zero-order chi connectivity index (χ0) is 23.0. The molecule has 0 radical (unpaired) electrons. The molecule has 1 aromatic carbocycles. The number of Topliss-reactive ketones (excluding diaryl/α,β-unsaturated/α-hetero) is 1. The van der Waals surface area contributed by atoms with Gasteiger partial charge in [0.05, 0.1) is 17.6 Å². The Hall–Kier alpha value is -3.47. The number of hydrogen-bond donors (Lipinski definition) is 2. The standard InChI is InChI=1S/C21H23N5O5S/c1-13-3-5-15(6-4-13)32(30,31)26-8-7-17-20(26)23-10-19(24-17)22-9-18(27)16-12-25(21(28)29)11-14(16)2/h3-8,10,14,16H,9,11-12H2,1-2H3,(H,22,24)(H,28,29). The largest absolute Gasteiger partial charge is 0.465 e. The second-order valence-electron chi connectivity index (χ2n) is 7.98. The van der Waals surface area contributed by atoms with Crippen LogP contribution in [0.1, 0.15) is 12.5 Å². The molecule has 2 aromatic heterocycles. The Labute approximate surface area is 184 Å². The van der Waals surface area contributed by atoms with Crippen molar-refractivity contribution in [3.8, 4) is 0 Å². The van der Waals surface area contributed by atoms with Gasteiger partial charge >= 0.3 is 6.09 Å². The van der Waals surface area contributed by atoms with Crippen molar-refractivity contribution < 1.29 is 23.1 Å². The van der Waals surface area contributed by atoms with Crippen molar-refractivity contribution in [2.75, 3.05) is 25.0 Å². The van der Waals surface area contributed by atoms with Gasteiger partial charge in [0.1, 0.15) is 11.3 Å². The molecule has 1 aliphatic rings. The first-order chi connectivity index (χ1) is 15.2. The quantitative estimate of drug-likeness (QED) is 0.575. The summed E-state index contributed by atoms with van der Waals surface area (Å²) < 4.78 is 27.0. The number of benzene rings is 1. The lowest BCUT2D eigenvalue weighted by Gasteiger charge is -2.13. The molecule has 10 nitrogen and oxygen atoms in total. The molecule has 11 heteroatoms. The van der Waals surface area contributed by atoms with Crippen LogP contribution in [-0.4, -0.2) is 63.9 Å². The predicted molar refractivity (Wildman–Crippen MR) is 117 cm³/mol. The molecule has 2 N–H and O–H groups in total. The van der Waals surface area contributed by atoms with E-state index in [-0.39, 0.29) is 41.3 Å². The first-order valence-electron chi connectivity index (χ1n) is 10.1. The summed E-state index contributed by atoms with van der Waals surface area (Å²) in [6.45, 7) is 4.23. The van der Waals surface area contributed by atoms with Crippen molar-refractivity contribution in [3.05, 3.63) is 48.3 Å². The summed E-state index contributed by atoms with van der Waals surface area (Å²) in [6, 6.07) is 8.08. The number of carbonyl (C=O) groups excluding carboxylic acids is 1. The Morgan fingerprint density at radius 1 is 1.19 bits per heavy atom. The maximum Gasteiger partial charge on any atom is 0.407 e. The van der Waals surface area contributed by atoms with Crippen LogP contribution in [0.5, 0.6) is 0 Å². The number of likely N-dealkylation sites (tertiary alicyclic amines) is 1. The maximum absolute atomic E-state index is 13.0. The van der Waals surface area contributed by atoms with Gasteiger partial charge in [-0.2, -0.15) is 0 Å². The lowest BCUT2D eigenvalue weighted by atomic mass is 9.93. The third-order valence-electron chi connectivity index (χ3n) is 5.67. The van der Waals surface area contributed by atoms with E-state index in [4.69, 9.17) is 5.11 Å². The molecule has 1 aliphatic heterocycles. The normalized spacial score (nSPS) is 18.8. The number of hydrogen-bond acceptors (Lipinski definition) is 7. The molecule has 3 heterocycles. The second-order valence-corrected chi connectivity index (χ2v) is 9.80. The Balaban J connectivity index is 1.49. The molecule has 2 unspecified atom stereocenters. The highest BCUT2D eigenvalue weighted by Crippen LogP contribution is 2.24. The van der Waals surface area contributed by atoms with E-state index in [1.165, 1.54) is 17.3 Å². The maximum atomic E-state index is 13.0. The first kappa shape index (κ1) is 21.8. The zero-order valence-electron chi connectivity index (χ0n) is 17.6. The van der Waals surface area contributed by atoms with Gasteiger partial charge < -0.3 is 15.3 Å². The number of fused-ring (bicyclic) bond motifs is 1. The number of aryl methyl sites for hydroxylation is 1. The van der Waals surface area contributed by atoms with E-state index in [9.17, 15) is 18.0 Å². The minimum absolute atomic E-state index is 0.0228. The van der Waals surface area contributed by atoms with Gasteiger partial charge in [0.2, 0.25) is 0 Å². The van der Waals surface area contributed by atoms with Crippen LogP contribution in [0.25, 0.3) is 11.2 Å². The molecule has 168 valence electrons. The molecular weight excluding hydrogens is 434 g/mol. The van der Waals surface area contributed by atoms with E-state index in [0.29, 0.717) is 17.9 Å². The number of nitrogens with one attached hydrogen (secondary N) is 1. The van der Waals surface area contributed by atoms with Gasteiger partial charge in [-0.1, -0.05) is 24.6 Å². The molecule has 0 aliphatic carbocycles. The summed E-state index contributed by atoms with van der Waals surface area (Å²) in [5.41, 5.74) is 1.50. The fraction of sp³-hybridized carbons (Fsp3) is 0.333. The summed E-state index contributed by atoms with van der Waals surface area (Å²) in [5.74, 6) is -0.217. The van der Waals surface area contributed by atoms with E-state index in [0.717, 1.165) is 9.54 Å². The van der Waals surface area contributed by atoms with Crippen LogP contribution in [0.4, 0.5) is 10.6 Å². The molecule has 0 saturated carbocycles. The first-order valence-corrected chi connectivity index (χ1v) is 11.5. The van der Waals surface area contributed by atoms with E-state index >= 15 is 0 Å². The van der Waals surface area contributed by atoms with E-state index in [1.54, 1.807) is 30.3 Å². The molecule has 4 rings (SSSR count). The summed E-state index contributed by atoms with van der Waals surface area (Å²) in [5, 5.41) is 12.0. The van der Waals surface area contributed by atoms with Crippen molar-refractivity contribution in [1.82, 2.24) is 18.8 Å². The predicted octanol–water partition coefficient (Wildman–Crippen LogP) is 2.20. The van der Waals surface area contributed by atoms with Gasteiger partial charge in [-0.25, -0.2) is 27.2 Å². The Morgan fingerprint density at radius 2 is 1.91 bits per heavy atom. The molecule has 1 fully saturated rings. The van der Waals surface area contributed by atoms with Gasteiger partial charge in [-0.15, -0.1) is 0 Å². The van der Waals surface area contributed by atoms with Gasteiger partial charge in [-0.05, 0) is 31.0 Å². The van der Waals surface area contributed by atoms with Crippen LogP contribution in [0, 0.1) is 18.8 Å². The number of carboxylic acid groups (broad SMARTS) is 1. The molecule has 1 amide bonds. The molecule has 2 atom stereocenters. The summed E-state index contributed by atoms with van der Waals surface area (Å²) in [4.78, 5) is 33.7. The van der Waals surface area contributed by atoms with Crippen LogP contribution in [0.3, 0.4) is 0 Å². The van der Waals surface area contributed by atoms with Crippen LogP contribution < -0.4 is 5.32 Å². The number of anilines is 1. The fourth-order valence-electron chi connectivity index (χ4n) is 3.84. The van der Waals surface area contributed by atoms with E-state index < -0.39 is 16.1 Å². The number of aromatic nitrogens is 3. The molecule has 1 saturated heterocycles. The smallest absolute Gasteiger partial charge is 0.407 e. The summed E-state index contributed by atoms with van der Waals surface area (Å²) in [6.07, 6.45) is 1.75. The topological polar surface area (TPSA) is 134 Å². The lowest BCUT2D eigenvalue weighted by molar-refractivity contribution is -0.121. The van der Waals surface area contributed by atoms with Gasteiger partial charge in [0.25, 0.3) is 10.0 Å². The fourth-order valence-corrected chi connectivity index (χ4v) is 5.14. The Kier molecular flexibility index (Phi) is 5.59. The molecule has 0 bridgehead atoms. The average molecular weight is 458 g/mol. The molecular formula is C21H23N5O5S. The average Bonchev–Trinajstić information content (AvgIpc) is 3.36. The highest BCUT2D eigenvalue weighted by molar-refractivity contribution is 7.90. The summed E-state index contributed by atoms with van der Waals surface area (Å²) in [7, 11) is -3.82. The summed E-state index contributed by atoms with van der Waals surface area (Å²) >= 11 is 0. The van der Waals surface area contributed by atoms with Gasteiger partial charge in [-0.3, -0.25) is 4.79 Å². The van der Waals surface area contributed by atoms with Crippen molar-refractivity contribution in [2.24, 2.45) is 11.8 Å². The number of ketones is 1. The third kappa shape index (κ3) is 4.03. The Morgan fingerprint density at radius 3 is 2.56 bits per heavy atom. The zero-order valence-corrected chi connectivity index (χ0v) is 18.4. The minimum atomic E-state index is -3.82. The highest BCUT2D eigenvalue weighted by atomic mass is 32.2. The highest BCUT2D eigenvalue weighted by Gasteiger charge is 2.36. The second kappa shape index (κ2) is 8.23. The molecule has 3 aromatic rings. The van der Waals surface area contributed by atoms with Crippen molar-refractivity contribution in [2.45, 2.75) is 18.7 Å². The monoisotopic (exact) mass is 457 g/mol. The van der Waals surface area contributed by atoms with Crippen molar-refractivity contribution in [1.29, 1.82) is 0 Å². The van der Waals surface area contributed by atoms with E-state index in [2.05, 4.69) is 15.3 Å². The SMILES string of the molecule is Cc1ccc(S(=O)(=O)n2ccc3nc(NCC(=O)C4CN(C(=O)O)CC4C)cnc32)cc1. The van der Waals surface area contributed by atoms with Crippen LogP contribution in [0.15, 0.2) is 47.6 Å². The number of nitrogens with zero attached hydrogens (tertiary/aromatic N) is 4. The molecule has 0 spiro atoms. The van der Waals surface area contributed by atoms with Crippen molar-refractivity contribution >= 4 is 38.9 Å². The lowest BCUT2D eigenvalue weighted by Crippen LogP contribution is -2.30. The molecule has 32 heavy (non-hydrogen) atoms. The number of rotatable bonds is 6. The van der Waals surface area contributed by atoms with Gasteiger partial charge in [0.15, 0.2) is 11.4 Å². The van der Waals surface area contributed by atoms with Crippen molar-refractivity contribution in [3.63, 3.8) is 0 Å².